The second-order valence-electron chi connectivity index (χ2n) is 1.98. The molecule has 0 aromatic rings. The summed E-state index contributed by atoms with van der Waals surface area (Å²) in [6.07, 6.45) is -0.473. The summed E-state index contributed by atoms with van der Waals surface area (Å²) in [5.74, 6) is 0. The number of nitrogens with two attached hydrogens (primary N) is 1. The maximum absolute atomic E-state index is 8.68. The van der Waals surface area contributed by atoms with Crippen molar-refractivity contribution in [3.8, 4) is 0 Å². The summed E-state index contributed by atoms with van der Waals surface area (Å²) in [7, 11) is 0. The maximum atomic E-state index is 8.68. The van der Waals surface area contributed by atoms with Gasteiger partial charge >= 0.3 is 6.72 Å². The Morgan fingerprint density at radius 3 is 2.64 bits per heavy atom. The van der Waals surface area contributed by atoms with E-state index in [1.807, 2.05) is 0 Å². The minimum absolute atomic E-state index is 0.466. The van der Waals surface area contributed by atoms with Crippen LogP contribution in [0.25, 0.3) is 0 Å². The molecule has 0 heterocycles. The molecule has 11 heavy (non-hydrogen) atoms. The molecule has 0 spiro atoms. The lowest BCUT2D eigenvalue weighted by atomic mass is 10.6. The van der Waals surface area contributed by atoms with Gasteiger partial charge in [-0.05, 0) is 18.7 Å². The van der Waals surface area contributed by atoms with Crippen molar-refractivity contribution in [1.29, 1.82) is 0 Å². The molecule has 0 saturated heterocycles. The smallest absolute Gasteiger partial charge is 0.323 e. The second kappa shape index (κ2) is 5.16. The fraction of sp³-hybridized carbons (Fsp3) is 1.00. The van der Waals surface area contributed by atoms with Gasteiger partial charge in [0, 0.05) is 13.1 Å². The predicted molar refractivity (Wildman–Crippen MR) is 46.3 cm³/mol. The molecule has 0 saturated carbocycles. The Hall–Kier alpha value is 0.450. The molecule has 0 rings (SSSR count). The molecular weight excluding hydrogens is 187 g/mol. The summed E-state index contributed by atoms with van der Waals surface area (Å²) in [5, 5.41) is 2.78. The Balaban J connectivity index is 3.52. The van der Waals surface area contributed by atoms with E-state index >= 15 is 0 Å². The van der Waals surface area contributed by atoms with Crippen molar-refractivity contribution < 1.29 is 14.3 Å². The minimum atomic E-state index is -3.53. The van der Waals surface area contributed by atoms with Gasteiger partial charge in [0.05, 0.1) is 0 Å². The third-order valence-electron chi connectivity index (χ3n) is 0.872. The van der Waals surface area contributed by atoms with Crippen molar-refractivity contribution in [3.63, 3.8) is 0 Å². The van der Waals surface area contributed by atoms with Crippen molar-refractivity contribution in [1.82, 2.24) is 5.32 Å². The first kappa shape index (κ1) is 11.4. The van der Waals surface area contributed by atoms with E-state index < -0.39 is 12.9 Å². The Labute approximate surface area is 70.8 Å². The van der Waals surface area contributed by atoms with Crippen LogP contribution >= 0.6 is 6.72 Å². The molecule has 0 bridgehead atoms. The Morgan fingerprint density at radius 2 is 2.27 bits per heavy atom. The van der Waals surface area contributed by atoms with E-state index in [-0.39, 0.29) is 0 Å². The average molecular weight is 200 g/mol. The van der Waals surface area contributed by atoms with E-state index in [1.165, 1.54) is 0 Å². The number of hydrogen-bond acceptors (Lipinski definition) is 4. The highest BCUT2D eigenvalue weighted by Crippen LogP contribution is 2.37. The van der Waals surface area contributed by atoms with Crippen molar-refractivity contribution in [2.75, 3.05) is 13.1 Å². The molecule has 5 N–H and O–H groups in total. The van der Waals surface area contributed by atoms with E-state index in [2.05, 4.69) is 21.6 Å². The monoisotopic (exact) mass is 200 g/mol. The average Bonchev–Trinajstić information content (AvgIpc) is 1.79. The van der Waals surface area contributed by atoms with E-state index in [4.69, 9.17) is 15.5 Å². The number of hydrogen-bond donors (Lipinski definition) is 4. The third-order valence-corrected chi connectivity index (χ3v) is 1.72. The molecule has 0 aliphatic carbocycles. The van der Waals surface area contributed by atoms with Crippen molar-refractivity contribution in [3.05, 3.63) is 0 Å². The van der Waals surface area contributed by atoms with Crippen LogP contribution in [0.3, 0.4) is 0 Å². The Bertz CT molecular complexity index is 150. The zero-order valence-electron chi connectivity index (χ0n) is 6.23. The molecule has 0 fully saturated rings. The second-order valence-corrected chi connectivity index (χ2v) is 4.60. The highest BCUT2D eigenvalue weighted by Gasteiger charge is 2.12. The molecule has 5 nitrogen and oxygen atoms in total. The molecule has 0 aliphatic heterocycles. The van der Waals surface area contributed by atoms with Gasteiger partial charge < -0.3 is 15.5 Å². The van der Waals surface area contributed by atoms with Crippen LogP contribution in [0.1, 0.15) is 6.92 Å². The molecule has 1 atom stereocenters. The van der Waals surface area contributed by atoms with Gasteiger partial charge in [0.1, 0.15) is 6.23 Å². The first-order valence-corrected chi connectivity index (χ1v) is 5.75. The predicted octanol–water partition coefficient (Wildman–Crippen LogP) is -0.894. The van der Waals surface area contributed by atoms with Crippen LogP contribution < -0.4 is 11.1 Å². The lowest BCUT2D eigenvalue weighted by molar-refractivity contribution is 0.154. The van der Waals surface area contributed by atoms with Crippen molar-refractivity contribution in [2.24, 2.45) is 5.73 Å². The first-order valence-electron chi connectivity index (χ1n) is 3.13. The van der Waals surface area contributed by atoms with Gasteiger partial charge in [-0.2, -0.15) is 0 Å². The molecule has 0 amide bonds. The van der Waals surface area contributed by atoms with E-state index in [0.717, 1.165) is 0 Å². The van der Waals surface area contributed by atoms with Crippen LogP contribution in [-0.2, 0) is 16.3 Å². The molecule has 0 aliphatic rings. The third kappa shape index (κ3) is 8.36. The van der Waals surface area contributed by atoms with Gasteiger partial charge in [-0.1, -0.05) is 0 Å². The molecule has 0 aromatic heterocycles. The highest BCUT2D eigenvalue weighted by atomic mass is 32.5. The summed E-state index contributed by atoms with van der Waals surface area (Å²) in [4.78, 5) is 17.4. The van der Waals surface area contributed by atoms with Crippen LogP contribution in [0.15, 0.2) is 0 Å². The number of nitrogens with one attached hydrogen (secondary N) is 1. The normalized spacial score (nSPS) is 14.9. The standard InChI is InChI=1S/C4H13N2O3PS/c1-4(6-3-2-5)9-10(7,8)11/h4,6H,2-3,5H2,1H3,(H2,7,8,11). The van der Waals surface area contributed by atoms with E-state index in [9.17, 15) is 0 Å². The minimum Gasteiger partial charge on any atom is -0.329 e. The van der Waals surface area contributed by atoms with Crippen LogP contribution in [0.5, 0.6) is 0 Å². The van der Waals surface area contributed by atoms with Gasteiger partial charge in [0.2, 0.25) is 0 Å². The lowest BCUT2D eigenvalue weighted by Crippen LogP contribution is -2.32. The summed E-state index contributed by atoms with van der Waals surface area (Å²) < 4.78 is 4.61. The van der Waals surface area contributed by atoms with Gasteiger partial charge in [0.25, 0.3) is 0 Å². The van der Waals surface area contributed by atoms with Crippen molar-refractivity contribution in [2.45, 2.75) is 13.2 Å². The molecule has 1 unspecified atom stereocenters. The Morgan fingerprint density at radius 1 is 1.73 bits per heavy atom. The molecule has 0 radical (unpaired) electrons. The maximum Gasteiger partial charge on any atom is 0.323 e. The van der Waals surface area contributed by atoms with Crippen LogP contribution in [-0.4, -0.2) is 29.1 Å². The van der Waals surface area contributed by atoms with E-state index in [1.54, 1.807) is 6.92 Å². The zero-order chi connectivity index (χ0) is 8.91. The summed E-state index contributed by atoms with van der Waals surface area (Å²) in [6.45, 7) is -0.886. The first-order chi connectivity index (χ1) is 4.95. The number of rotatable bonds is 5. The van der Waals surface area contributed by atoms with E-state index in [0.29, 0.717) is 13.1 Å². The molecule has 7 heteroatoms. The van der Waals surface area contributed by atoms with Crippen molar-refractivity contribution >= 4 is 18.5 Å². The molecule has 68 valence electrons. The molecule has 0 aromatic carbocycles. The molecular formula is C4H13N2O3PS. The quantitative estimate of drug-likeness (QED) is 0.340. The topological polar surface area (TPSA) is 87.7 Å². The summed E-state index contributed by atoms with van der Waals surface area (Å²) in [6, 6.07) is 0. The van der Waals surface area contributed by atoms with Crippen LogP contribution in [0.4, 0.5) is 0 Å². The van der Waals surface area contributed by atoms with Gasteiger partial charge in [-0.15, -0.1) is 0 Å². The summed E-state index contributed by atoms with van der Waals surface area (Å²) in [5.41, 5.74) is 5.18. The Kier molecular flexibility index (Phi) is 5.37. The fourth-order valence-electron chi connectivity index (χ4n) is 0.530. The highest BCUT2D eigenvalue weighted by molar-refractivity contribution is 8.06. The zero-order valence-corrected chi connectivity index (χ0v) is 7.94. The lowest BCUT2D eigenvalue weighted by Gasteiger charge is -2.16. The van der Waals surface area contributed by atoms with Crippen LogP contribution in [0.2, 0.25) is 0 Å². The van der Waals surface area contributed by atoms with Gasteiger partial charge in [-0.3, -0.25) is 9.84 Å². The summed E-state index contributed by atoms with van der Waals surface area (Å²) >= 11 is 4.24. The SMILES string of the molecule is CC(NCCN)OP(O)(O)=S. The van der Waals surface area contributed by atoms with Crippen LogP contribution in [0, 0.1) is 0 Å². The largest absolute Gasteiger partial charge is 0.329 e. The van der Waals surface area contributed by atoms with Gasteiger partial charge in [0.15, 0.2) is 0 Å². The fourth-order valence-corrected chi connectivity index (χ4v) is 1.40. The van der Waals surface area contributed by atoms with Gasteiger partial charge in [-0.25, -0.2) is 0 Å².